The van der Waals surface area contributed by atoms with Crippen LogP contribution >= 0.6 is 0 Å². The number of hydrogen-bond acceptors (Lipinski definition) is 3. The zero-order valence-electron chi connectivity index (χ0n) is 21.4. The van der Waals surface area contributed by atoms with Gasteiger partial charge in [0.05, 0.1) is 13.1 Å². The van der Waals surface area contributed by atoms with Crippen LogP contribution in [0.5, 0.6) is 0 Å². The monoisotopic (exact) mass is 485 g/mol. The number of aromatic nitrogens is 1. The average molecular weight is 486 g/mol. The molecule has 2 aromatic rings. The summed E-state index contributed by atoms with van der Waals surface area (Å²) in [5, 5.41) is 0. The molecule has 0 saturated heterocycles. The minimum absolute atomic E-state index is 0.00199. The molecule has 1 aliphatic rings. The summed E-state index contributed by atoms with van der Waals surface area (Å²) in [5.41, 5.74) is 2.04. The van der Waals surface area contributed by atoms with E-state index in [0.29, 0.717) is 32.7 Å². The Hall–Kier alpha value is -2.67. The van der Waals surface area contributed by atoms with Gasteiger partial charge >= 0.3 is 0 Å². The summed E-state index contributed by atoms with van der Waals surface area (Å²) >= 11 is 0. The fourth-order valence-electron chi connectivity index (χ4n) is 4.81. The molecule has 6 nitrogen and oxygen atoms in total. The highest BCUT2D eigenvalue weighted by atomic mass is 19.1. The van der Waals surface area contributed by atoms with Gasteiger partial charge in [-0.1, -0.05) is 45.2 Å². The minimum atomic E-state index is -0.249. The van der Waals surface area contributed by atoms with Gasteiger partial charge in [-0.25, -0.2) is 4.39 Å². The maximum Gasteiger partial charge on any atom is 0.242 e. The highest BCUT2D eigenvalue weighted by Gasteiger charge is 2.29. The summed E-state index contributed by atoms with van der Waals surface area (Å²) in [7, 11) is 1.64. The van der Waals surface area contributed by atoms with E-state index in [1.165, 1.54) is 18.6 Å². The summed E-state index contributed by atoms with van der Waals surface area (Å²) in [6.07, 6.45) is 8.13. The Morgan fingerprint density at radius 2 is 1.83 bits per heavy atom. The molecule has 2 amide bonds. The second kappa shape index (κ2) is 13.4. The summed E-state index contributed by atoms with van der Waals surface area (Å²) in [6.45, 7) is 6.02. The fraction of sp³-hybridized carbons (Fsp3) is 0.571. The van der Waals surface area contributed by atoms with E-state index in [2.05, 4.69) is 4.57 Å². The number of carbonyl (C=O) groups excluding carboxylic acids is 2. The normalized spacial score (nSPS) is 14.3. The molecule has 0 atom stereocenters. The zero-order chi connectivity index (χ0) is 25.2. The number of nitrogens with zero attached hydrogens (tertiary/aromatic N) is 3. The third-order valence-corrected chi connectivity index (χ3v) is 6.77. The van der Waals surface area contributed by atoms with E-state index in [9.17, 15) is 14.0 Å². The van der Waals surface area contributed by atoms with Crippen molar-refractivity contribution in [3.63, 3.8) is 0 Å². The molecule has 0 radical (unpaired) electrons. The van der Waals surface area contributed by atoms with Crippen LogP contribution in [-0.2, 0) is 27.4 Å². The van der Waals surface area contributed by atoms with Crippen molar-refractivity contribution in [2.75, 3.05) is 26.8 Å². The summed E-state index contributed by atoms with van der Waals surface area (Å²) in [6, 6.07) is 10.7. The van der Waals surface area contributed by atoms with Gasteiger partial charge in [-0.15, -0.1) is 0 Å². The molecule has 1 aliphatic carbocycles. The van der Waals surface area contributed by atoms with E-state index in [4.69, 9.17) is 4.74 Å². The van der Waals surface area contributed by atoms with Crippen molar-refractivity contribution in [2.24, 2.45) is 5.92 Å². The van der Waals surface area contributed by atoms with E-state index in [-0.39, 0.29) is 36.1 Å². The predicted octanol–water partition coefficient (Wildman–Crippen LogP) is 4.86. The van der Waals surface area contributed by atoms with E-state index < -0.39 is 0 Å². The van der Waals surface area contributed by atoms with Crippen LogP contribution in [0.25, 0.3) is 0 Å². The molecule has 1 heterocycles. The Balaban J connectivity index is 1.77. The molecule has 0 spiro atoms. The van der Waals surface area contributed by atoms with E-state index >= 15 is 0 Å². The first-order chi connectivity index (χ1) is 16.9. The SMILES string of the molecule is COCCCN(CC(=O)N(Cc1cccn1Cc1ccc(F)cc1)C1CCCCC1)C(=O)C(C)C. The summed E-state index contributed by atoms with van der Waals surface area (Å²) in [5.74, 6) is -0.418. The van der Waals surface area contributed by atoms with Crippen molar-refractivity contribution in [2.45, 2.75) is 71.5 Å². The molecule has 1 fully saturated rings. The van der Waals surface area contributed by atoms with Gasteiger partial charge in [-0.2, -0.15) is 0 Å². The minimum Gasteiger partial charge on any atom is -0.385 e. The van der Waals surface area contributed by atoms with Crippen molar-refractivity contribution < 1.29 is 18.7 Å². The van der Waals surface area contributed by atoms with Crippen LogP contribution in [0.4, 0.5) is 4.39 Å². The van der Waals surface area contributed by atoms with Gasteiger partial charge in [0.25, 0.3) is 0 Å². The van der Waals surface area contributed by atoms with Crippen LogP contribution < -0.4 is 0 Å². The number of halogens is 1. The van der Waals surface area contributed by atoms with Crippen molar-refractivity contribution in [1.82, 2.24) is 14.4 Å². The molecule has 7 heteroatoms. The number of ether oxygens (including phenoxy) is 1. The third-order valence-electron chi connectivity index (χ3n) is 6.77. The van der Waals surface area contributed by atoms with Gasteiger partial charge in [0.1, 0.15) is 5.82 Å². The van der Waals surface area contributed by atoms with Crippen molar-refractivity contribution in [1.29, 1.82) is 0 Å². The molecule has 192 valence electrons. The first kappa shape index (κ1) is 26.9. The Labute approximate surface area is 209 Å². The van der Waals surface area contributed by atoms with E-state index in [0.717, 1.165) is 36.9 Å². The molecule has 0 aliphatic heterocycles. The Morgan fingerprint density at radius 1 is 1.11 bits per heavy atom. The van der Waals surface area contributed by atoms with Crippen LogP contribution in [0.15, 0.2) is 42.6 Å². The molecular formula is C28H40FN3O3. The zero-order valence-corrected chi connectivity index (χ0v) is 21.4. The van der Waals surface area contributed by atoms with Gasteiger partial charge in [0, 0.05) is 50.7 Å². The van der Waals surface area contributed by atoms with Crippen molar-refractivity contribution >= 4 is 11.8 Å². The van der Waals surface area contributed by atoms with E-state index in [1.54, 1.807) is 24.1 Å². The molecule has 0 bridgehead atoms. The fourth-order valence-corrected chi connectivity index (χ4v) is 4.81. The Kier molecular flexibility index (Phi) is 10.3. The molecule has 3 rings (SSSR count). The van der Waals surface area contributed by atoms with Crippen LogP contribution in [-0.4, -0.2) is 59.0 Å². The molecule has 35 heavy (non-hydrogen) atoms. The van der Waals surface area contributed by atoms with Gasteiger partial charge in [0.15, 0.2) is 0 Å². The lowest BCUT2D eigenvalue weighted by atomic mass is 9.94. The van der Waals surface area contributed by atoms with Gasteiger partial charge in [0.2, 0.25) is 11.8 Å². The molecule has 1 aromatic carbocycles. The van der Waals surface area contributed by atoms with Crippen LogP contribution in [0.1, 0.15) is 63.6 Å². The molecule has 0 N–H and O–H groups in total. The molecule has 1 saturated carbocycles. The highest BCUT2D eigenvalue weighted by molar-refractivity contribution is 5.85. The first-order valence-electron chi connectivity index (χ1n) is 12.8. The number of rotatable bonds is 12. The molecular weight excluding hydrogens is 445 g/mol. The van der Waals surface area contributed by atoms with E-state index in [1.807, 2.05) is 37.1 Å². The van der Waals surface area contributed by atoms with Gasteiger partial charge in [-0.3, -0.25) is 9.59 Å². The first-order valence-corrected chi connectivity index (χ1v) is 12.8. The maximum absolute atomic E-state index is 13.7. The lowest BCUT2D eigenvalue weighted by Crippen LogP contribution is -2.48. The lowest BCUT2D eigenvalue weighted by Gasteiger charge is -2.36. The third kappa shape index (κ3) is 7.92. The number of carbonyl (C=O) groups is 2. The second-order valence-electron chi connectivity index (χ2n) is 9.83. The quantitative estimate of drug-likeness (QED) is 0.404. The number of methoxy groups -OCH3 is 1. The van der Waals surface area contributed by atoms with Gasteiger partial charge < -0.3 is 19.1 Å². The van der Waals surface area contributed by atoms with Crippen LogP contribution in [0.2, 0.25) is 0 Å². The smallest absolute Gasteiger partial charge is 0.242 e. The topological polar surface area (TPSA) is 54.8 Å². The Bertz CT molecular complexity index is 935. The molecule has 1 aromatic heterocycles. The largest absolute Gasteiger partial charge is 0.385 e. The van der Waals surface area contributed by atoms with Crippen LogP contribution in [0, 0.1) is 11.7 Å². The van der Waals surface area contributed by atoms with Crippen LogP contribution in [0.3, 0.4) is 0 Å². The van der Waals surface area contributed by atoms with Crippen molar-refractivity contribution in [3.8, 4) is 0 Å². The Morgan fingerprint density at radius 3 is 2.49 bits per heavy atom. The van der Waals surface area contributed by atoms with Crippen molar-refractivity contribution in [3.05, 3.63) is 59.7 Å². The number of hydrogen-bond donors (Lipinski definition) is 0. The van der Waals surface area contributed by atoms with Gasteiger partial charge in [-0.05, 0) is 49.1 Å². The number of amides is 2. The summed E-state index contributed by atoms with van der Waals surface area (Å²) < 4.78 is 20.6. The number of benzene rings is 1. The maximum atomic E-state index is 13.7. The lowest BCUT2D eigenvalue weighted by molar-refractivity contribution is -0.144. The highest BCUT2D eigenvalue weighted by Crippen LogP contribution is 2.25. The molecule has 0 unspecified atom stereocenters. The second-order valence-corrected chi connectivity index (χ2v) is 9.83. The summed E-state index contributed by atoms with van der Waals surface area (Å²) in [4.78, 5) is 30.2. The standard InChI is InChI=1S/C28H40FN3O3/c1-22(2)28(34)31(17-8-18-35-3)21-27(33)32(25-9-5-4-6-10-25)20-26-11-7-16-30(26)19-23-12-14-24(29)15-13-23/h7,11-16,22,25H,4-6,8-10,17-21H2,1-3H3. The average Bonchev–Trinajstić information content (AvgIpc) is 3.29. The predicted molar refractivity (Wildman–Crippen MR) is 135 cm³/mol.